The second-order valence-corrected chi connectivity index (χ2v) is 9.74. The summed E-state index contributed by atoms with van der Waals surface area (Å²) in [6, 6.07) is 1.47. The number of H-pyrrole nitrogens is 1. The first-order chi connectivity index (χ1) is 14.4. The van der Waals surface area contributed by atoms with Crippen molar-refractivity contribution in [3.05, 3.63) is 32.5 Å². The number of benzene rings is 1. The van der Waals surface area contributed by atoms with Gasteiger partial charge in [-0.15, -0.1) is 0 Å². The molecule has 1 aliphatic heterocycles. The summed E-state index contributed by atoms with van der Waals surface area (Å²) in [7, 11) is 1.52. The van der Waals surface area contributed by atoms with Crippen molar-refractivity contribution in [2.75, 3.05) is 25.1 Å². The molecule has 0 unspecified atom stereocenters. The zero-order valence-electron chi connectivity index (χ0n) is 16.7. The number of nitrogens with one attached hydrogen (secondary N) is 1. The van der Waals surface area contributed by atoms with E-state index in [9.17, 15) is 9.59 Å². The largest absolute Gasteiger partial charge is 0.492 e. The van der Waals surface area contributed by atoms with Crippen molar-refractivity contribution >= 4 is 38.3 Å². The fourth-order valence-corrected chi connectivity index (χ4v) is 5.99. The number of aromatic amines is 1. The van der Waals surface area contributed by atoms with Gasteiger partial charge < -0.3 is 19.9 Å². The van der Waals surface area contributed by atoms with Gasteiger partial charge >= 0.3 is 0 Å². The highest BCUT2D eigenvalue weighted by Gasteiger charge is 2.48. The van der Waals surface area contributed by atoms with E-state index in [1.54, 1.807) is 0 Å². The van der Waals surface area contributed by atoms with Gasteiger partial charge in [-0.05, 0) is 55.6 Å². The molecule has 3 aliphatic rings. The lowest BCUT2D eigenvalue weighted by Crippen LogP contribution is -2.34. The van der Waals surface area contributed by atoms with Crippen molar-refractivity contribution in [1.82, 2.24) is 8.94 Å². The maximum atomic E-state index is 15.4. The number of nitrogens with zero attached hydrogens (tertiary/aromatic N) is 2. The average molecular weight is 431 g/mol. The Labute approximate surface area is 175 Å². The number of anilines is 1. The molecule has 30 heavy (non-hydrogen) atoms. The van der Waals surface area contributed by atoms with Gasteiger partial charge in [-0.2, -0.15) is 0 Å². The fourth-order valence-electron chi connectivity index (χ4n) is 5.07. The normalized spacial score (nSPS) is 22.9. The van der Waals surface area contributed by atoms with E-state index in [0.29, 0.717) is 40.8 Å². The summed E-state index contributed by atoms with van der Waals surface area (Å²) in [5.41, 5.74) is 6.42. The van der Waals surface area contributed by atoms with E-state index < -0.39 is 16.8 Å². The van der Waals surface area contributed by atoms with Gasteiger partial charge in [0.25, 0.3) is 5.56 Å². The standard InChI is InChI=1S/C21H23FN4O3S/c1-29-18-15-12(17(27)14-19(28)24-30-20(14)26(15)11-2-3-11)8-13(22)16(18)25-7-4-10(9-25)21(23)5-6-21/h8,10-11H,2-7,9,23H2,1H3,(H,24,28)/t10-/m1/s1. The molecule has 3 heterocycles. The Kier molecular flexibility index (Phi) is 3.72. The van der Waals surface area contributed by atoms with Crippen LogP contribution in [-0.4, -0.2) is 34.7 Å². The Morgan fingerprint density at radius 1 is 1.30 bits per heavy atom. The number of ether oxygens (including phenoxy) is 1. The molecule has 6 rings (SSSR count). The molecule has 0 spiro atoms. The number of hydrogen-bond acceptors (Lipinski definition) is 6. The van der Waals surface area contributed by atoms with Gasteiger partial charge in [-0.1, -0.05) is 0 Å². The van der Waals surface area contributed by atoms with E-state index in [0.717, 1.165) is 43.6 Å². The number of halogens is 1. The number of rotatable bonds is 4. The molecule has 2 saturated carbocycles. The van der Waals surface area contributed by atoms with Crippen LogP contribution in [-0.2, 0) is 0 Å². The molecule has 1 atom stereocenters. The van der Waals surface area contributed by atoms with Crippen LogP contribution in [0.4, 0.5) is 10.1 Å². The van der Waals surface area contributed by atoms with Crippen molar-refractivity contribution in [2.45, 2.75) is 43.7 Å². The van der Waals surface area contributed by atoms with Crippen molar-refractivity contribution in [3.63, 3.8) is 0 Å². The smallest absolute Gasteiger partial charge is 0.271 e. The van der Waals surface area contributed by atoms with Crippen LogP contribution in [0, 0.1) is 11.7 Å². The van der Waals surface area contributed by atoms with Crippen LogP contribution in [0.5, 0.6) is 5.75 Å². The van der Waals surface area contributed by atoms with Gasteiger partial charge in [0.2, 0.25) is 5.43 Å². The van der Waals surface area contributed by atoms with Crippen LogP contribution in [0.3, 0.4) is 0 Å². The lowest BCUT2D eigenvalue weighted by Gasteiger charge is -2.25. The second-order valence-electron chi connectivity index (χ2n) is 8.94. The zero-order chi connectivity index (χ0) is 20.8. The quantitative estimate of drug-likeness (QED) is 0.664. The van der Waals surface area contributed by atoms with Crippen molar-refractivity contribution in [1.29, 1.82) is 0 Å². The van der Waals surface area contributed by atoms with Crippen LogP contribution in [0.15, 0.2) is 15.7 Å². The predicted octanol–water partition coefficient (Wildman–Crippen LogP) is 2.70. The molecule has 158 valence electrons. The van der Waals surface area contributed by atoms with Gasteiger partial charge in [0.1, 0.15) is 15.9 Å². The van der Waals surface area contributed by atoms with Crippen LogP contribution >= 0.6 is 11.5 Å². The Bertz CT molecular complexity index is 1320. The van der Waals surface area contributed by atoms with Gasteiger partial charge in [-0.25, -0.2) is 4.39 Å². The highest BCUT2D eigenvalue weighted by molar-refractivity contribution is 7.12. The summed E-state index contributed by atoms with van der Waals surface area (Å²) < 4.78 is 25.9. The second kappa shape index (κ2) is 6.07. The van der Waals surface area contributed by atoms with E-state index >= 15 is 4.39 Å². The molecule has 2 aliphatic carbocycles. The number of hydrogen-bond donors (Lipinski definition) is 2. The van der Waals surface area contributed by atoms with Gasteiger partial charge in [0.05, 0.1) is 18.0 Å². The molecular weight excluding hydrogens is 407 g/mol. The molecule has 1 aromatic carbocycles. The summed E-state index contributed by atoms with van der Waals surface area (Å²) in [5.74, 6) is 0.215. The minimum Gasteiger partial charge on any atom is -0.492 e. The van der Waals surface area contributed by atoms with Crippen LogP contribution in [0.1, 0.15) is 38.1 Å². The molecule has 0 bridgehead atoms. The Morgan fingerprint density at radius 2 is 2.07 bits per heavy atom. The van der Waals surface area contributed by atoms with E-state index in [1.165, 1.54) is 13.2 Å². The number of methoxy groups -OCH3 is 1. The predicted molar refractivity (Wildman–Crippen MR) is 115 cm³/mol. The summed E-state index contributed by atoms with van der Waals surface area (Å²) in [6.07, 6.45) is 4.88. The molecular formula is C21H23FN4O3S. The highest BCUT2D eigenvalue weighted by atomic mass is 32.1. The SMILES string of the molecule is COc1c(N2CC[C@@H](C3(N)CC3)C2)c(F)cc2c(=O)c3c(=O)[nH]sc3n(C3CC3)c12. The Morgan fingerprint density at radius 3 is 2.73 bits per heavy atom. The van der Waals surface area contributed by atoms with Crippen molar-refractivity contribution in [3.8, 4) is 5.75 Å². The summed E-state index contributed by atoms with van der Waals surface area (Å²) in [4.78, 5) is 28.0. The van der Waals surface area contributed by atoms with Gasteiger partial charge in [-0.3, -0.25) is 14.0 Å². The first-order valence-electron chi connectivity index (χ1n) is 10.4. The molecule has 9 heteroatoms. The highest BCUT2D eigenvalue weighted by Crippen LogP contribution is 2.48. The maximum Gasteiger partial charge on any atom is 0.271 e. The van der Waals surface area contributed by atoms with E-state index in [-0.39, 0.29) is 22.4 Å². The minimum absolute atomic E-state index is 0.105. The number of aromatic nitrogens is 2. The first-order valence-corrected chi connectivity index (χ1v) is 11.2. The number of nitrogens with two attached hydrogens (primary N) is 1. The van der Waals surface area contributed by atoms with Crippen LogP contribution < -0.4 is 26.4 Å². The van der Waals surface area contributed by atoms with Crippen molar-refractivity contribution in [2.24, 2.45) is 11.7 Å². The molecule has 3 aromatic rings. The third-order valence-electron chi connectivity index (χ3n) is 7.06. The zero-order valence-corrected chi connectivity index (χ0v) is 17.5. The molecule has 0 radical (unpaired) electrons. The van der Waals surface area contributed by atoms with Gasteiger partial charge in [0.15, 0.2) is 11.6 Å². The molecule has 2 aromatic heterocycles. The summed E-state index contributed by atoms with van der Waals surface area (Å²) in [5, 5.41) is 0.304. The summed E-state index contributed by atoms with van der Waals surface area (Å²) in [6.45, 7) is 1.39. The average Bonchev–Trinajstić information content (AvgIpc) is 3.61. The first kappa shape index (κ1) is 18.4. The molecule has 7 nitrogen and oxygen atoms in total. The Balaban J connectivity index is 1.63. The molecule has 1 saturated heterocycles. The van der Waals surface area contributed by atoms with Gasteiger partial charge in [0, 0.05) is 24.7 Å². The van der Waals surface area contributed by atoms with E-state index in [2.05, 4.69) is 4.37 Å². The van der Waals surface area contributed by atoms with E-state index in [1.807, 2.05) is 9.47 Å². The third-order valence-corrected chi connectivity index (χ3v) is 7.94. The summed E-state index contributed by atoms with van der Waals surface area (Å²) >= 11 is 1.16. The van der Waals surface area contributed by atoms with E-state index in [4.69, 9.17) is 10.5 Å². The molecule has 3 fully saturated rings. The lowest BCUT2D eigenvalue weighted by atomic mass is 9.97. The third kappa shape index (κ3) is 2.45. The molecule has 3 N–H and O–H groups in total. The van der Waals surface area contributed by atoms with Crippen molar-refractivity contribution < 1.29 is 9.13 Å². The monoisotopic (exact) mass is 430 g/mol. The minimum atomic E-state index is -0.493. The lowest BCUT2D eigenvalue weighted by molar-refractivity contribution is 0.412. The maximum absolute atomic E-state index is 15.4. The topological polar surface area (TPSA) is 93.3 Å². The fraction of sp³-hybridized carbons (Fsp3) is 0.524. The number of pyridine rings is 1. The Hall–Kier alpha value is -2.39. The van der Waals surface area contributed by atoms with Crippen LogP contribution in [0.25, 0.3) is 21.1 Å². The molecule has 0 amide bonds. The van der Waals surface area contributed by atoms with Crippen LogP contribution in [0.2, 0.25) is 0 Å². The number of fused-ring (bicyclic) bond motifs is 2.